The molecule has 0 N–H and O–H groups in total. The summed E-state index contributed by atoms with van der Waals surface area (Å²) < 4.78 is 12.3. The van der Waals surface area contributed by atoms with Crippen LogP contribution in [0.1, 0.15) is 90.9 Å². The first kappa shape index (κ1) is 24.2. The topological polar surface area (TPSA) is 31.4 Å². The van der Waals surface area contributed by atoms with Gasteiger partial charge in [-0.05, 0) is 36.6 Å². The van der Waals surface area contributed by atoms with Gasteiger partial charge in [-0.2, -0.15) is 0 Å². The average molecular weight is 412 g/mol. The first-order valence-electron chi connectivity index (χ1n) is 12.1. The maximum absolute atomic E-state index is 6.17. The molecule has 1 heterocycles. The van der Waals surface area contributed by atoms with Crippen LogP contribution in [0.4, 0.5) is 0 Å². The number of aromatic nitrogens is 1. The average Bonchev–Trinajstić information content (AvgIpc) is 2.79. The second-order valence-electron chi connectivity index (χ2n) is 8.14. The van der Waals surface area contributed by atoms with E-state index >= 15 is 0 Å². The highest BCUT2D eigenvalue weighted by Crippen LogP contribution is 2.33. The van der Waals surface area contributed by atoms with Crippen LogP contribution in [0.2, 0.25) is 0 Å². The summed E-state index contributed by atoms with van der Waals surface area (Å²) in [7, 11) is 0. The van der Waals surface area contributed by atoms with Crippen molar-refractivity contribution in [2.24, 2.45) is 0 Å². The van der Waals surface area contributed by atoms with E-state index in [0.717, 1.165) is 48.7 Å². The van der Waals surface area contributed by atoms with E-state index in [1.807, 2.05) is 12.3 Å². The molecule has 1 aromatic heterocycles. The van der Waals surface area contributed by atoms with Crippen molar-refractivity contribution >= 4 is 0 Å². The summed E-state index contributed by atoms with van der Waals surface area (Å²) in [5, 5.41) is 0. The number of nitrogens with zero attached hydrogens (tertiary/aromatic N) is 1. The van der Waals surface area contributed by atoms with Crippen LogP contribution in [0.15, 0.2) is 42.7 Å². The summed E-state index contributed by atoms with van der Waals surface area (Å²) in [5.41, 5.74) is 2.22. The van der Waals surface area contributed by atoms with Crippen LogP contribution in [0.25, 0.3) is 11.1 Å². The van der Waals surface area contributed by atoms with Crippen molar-refractivity contribution in [3.63, 3.8) is 0 Å². The first-order chi connectivity index (χ1) is 14.8. The number of pyridine rings is 1. The molecular formula is C27H41NO2. The van der Waals surface area contributed by atoms with Crippen LogP contribution < -0.4 is 9.47 Å². The molecule has 0 fully saturated rings. The molecule has 2 aromatic rings. The Morgan fingerprint density at radius 1 is 0.633 bits per heavy atom. The highest BCUT2D eigenvalue weighted by molar-refractivity contribution is 5.66. The molecule has 166 valence electrons. The number of hydrogen-bond acceptors (Lipinski definition) is 3. The van der Waals surface area contributed by atoms with Crippen molar-refractivity contribution in [3.05, 3.63) is 42.7 Å². The lowest BCUT2D eigenvalue weighted by atomic mass is 10.1. The van der Waals surface area contributed by atoms with Gasteiger partial charge in [0.15, 0.2) is 11.5 Å². The first-order valence-corrected chi connectivity index (χ1v) is 12.1. The van der Waals surface area contributed by atoms with Crippen LogP contribution in [-0.4, -0.2) is 18.2 Å². The summed E-state index contributed by atoms with van der Waals surface area (Å²) in [4.78, 5) is 4.24. The van der Waals surface area contributed by atoms with Crippen LogP contribution in [-0.2, 0) is 0 Å². The molecule has 0 unspecified atom stereocenters. The molecule has 3 heteroatoms. The summed E-state index contributed by atoms with van der Waals surface area (Å²) in [6, 6.07) is 10.3. The molecule has 3 nitrogen and oxygen atoms in total. The van der Waals surface area contributed by atoms with E-state index in [1.165, 1.54) is 64.2 Å². The molecule has 0 radical (unpaired) electrons. The van der Waals surface area contributed by atoms with Gasteiger partial charge in [0.2, 0.25) is 0 Å². The molecule has 0 bridgehead atoms. The van der Waals surface area contributed by atoms with E-state index in [9.17, 15) is 0 Å². The Hall–Kier alpha value is -2.03. The second kappa shape index (κ2) is 15.8. The third-order valence-corrected chi connectivity index (χ3v) is 5.45. The minimum atomic E-state index is 0.746. The van der Waals surface area contributed by atoms with Crippen LogP contribution >= 0.6 is 0 Å². The lowest BCUT2D eigenvalue weighted by Gasteiger charge is -2.14. The Kier molecular flexibility index (Phi) is 12.7. The zero-order valence-electron chi connectivity index (χ0n) is 19.2. The fraction of sp³-hybridized carbons (Fsp3) is 0.593. The fourth-order valence-corrected chi connectivity index (χ4v) is 3.58. The predicted molar refractivity (Wildman–Crippen MR) is 127 cm³/mol. The van der Waals surface area contributed by atoms with Gasteiger partial charge in [-0.1, -0.05) is 90.2 Å². The summed E-state index contributed by atoms with van der Waals surface area (Å²) in [6.07, 6.45) is 18.9. The SMILES string of the molecule is CCCCCCCCOc1ccc(-c2cccnc2)cc1OCCCCCCCC. The number of hydrogen-bond donors (Lipinski definition) is 0. The van der Waals surface area contributed by atoms with Crippen molar-refractivity contribution in [1.29, 1.82) is 0 Å². The second-order valence-corrected chi connectivity index (χ2v) is 8.14. The molecule has 0 saturated heterocycles. The predicted octanol–water partition coefficient (Wildman–Crippen LogP) is 8.23. The van der Waals surface area contributed by atoms with Gasteiger partial charge in [0, 0.05) is 18.0 Å². The fourth-order valence-electron chi connectivity index (χ4n) is 3.58. The summed E-state index contributed by atoms with van der Waals surface area (Å²) in [5.74, 6) is 1.72. The zero-order valence-corrected chi connectivity index (χ0v) is 19.2. The smallest absolute Gasteiger partial charge is 0.161 e. The van der Waals surface area contributed by atoms with Gasteiger partial charge in [0.1, 0.15) is 0 Å². The van der Waals surface area contributed by atoms with Crippen molar-refractivity contribution in [2.45, 2.75) is 90.9 Å². The van der Waals surface area contributed by atoms with Gasteiger partial charge < -0.3 is 9.47 Å². The largest absolute Gasteiger partial charge is 0.490 e. The Morgan fingerprint density at radius 2 is 1.23 bits per heavy atom. The number of rotatable bonds is 17. The van der Waals surface area contributed by atoms with Gasteiger partial charge in [-0.25, -0.2) is 0 Å². The molecule has 1 aromatic carbocycles. The molecule has 0 saturated carbocycles. The molecule has 30 heavy (non-hydrogen) atoms. The van der Waals surface area contributed by atoms with Gasteiger partial charge in [0.05, 0.1) is 13.2 Å². The molecular weight excluding hydrogens is 370 g/mol. The molecule has 0 aliphatic rings. The van der Waals surface area contributed by atoms with Crippen molar-refractivity contribution in [3.8, 4) is 22.6 Å². The van der Waals surface area contributed by atoms with Crippen LogP contribution in [0, 0.1) is 0 Å². The maximum atomic E-state index is 6.17. The van der Waals surface area contributed by atoms with Gasteiger partial charge in [-0.3, -0.25) is 4.98 Å². The van der Waals surface area contributed by atoms with Crippen molar-refractivity contribution in [2.75, 3.05) is 13.2 Å². The number of ether oxygens (including phenoxy) is 2. The summed E-state index contributed by atoms with van der Waals surface area (Å²) >= 11 is 0. The molecule has 0 aliphatic heterocycles. The monoisotopic (exact) mass is 411 g/mol. The third kappa shape index (κ3) is 9.65. The standard InChI is InChI=1S/C27H41NO2/c1-3-5-7-9-11-13-20-29-26-18-17-24(25-16-15-19-28-23-25)22-27(26)30-21-14-12-10-8-6-4-2/h15-19,22-23H,3-14,20-21H2,1-2H3. The molecule has 0 spiro atoms. The molecule has 0 amide bonds. The van der Waals surface area contributed by atoms with Crippen molar-refractivity contribution in [1.82, 2.24) is 4.98 Å². The van der Waals surface area contributed by atoms with E-state index in [2.05, 4.69) is 43.1 Å². The van der Waals surface area contributed by atoms with E-state index in [0.29, 0.717) is 0 Å². The number of benzene rings is 1. The van der Waals surface area contributed by atoms with Crippen LogP contribution in [0.5, 0.6) is 11.5 Å². The van der Waals surface area contributed by atoms with Crippen LogP contribution in [0.3, 0.4) is 0 Å². The zero-order chi connectivity index (χ0) is 21.3. The van der Waals surface area contributed by atoms with Gasteiger partial charge >= 0.3 is 0 Å². The van der Waals surface area contributed by atoms with E-state index < -0.39 is 0 Å². The number of unbranched alkanes of at least 4 members (excludes halogenated alkanes) is 10. The molecule has 2 rings (SSSR count). The Balaban J connectivity index is 1.88. The lowest BCUT2D eigenvalue weighted by molar-refractivity contribution is 0.258. The summed E-state index contributed by atoms with van der Waals surface area (Å²) in [6.45, 7) is 6.01. The van der Waals surface area contributed by atoms with E-state index in [-0.39, 0.29) is 0 Å². The third-order valence-electron chi connectivity index (χ3n) is 5.45. The minimum absolute atomic E-state index is 0.746. The highest BCUT2D eigenvalue weighted by atomic mass is 16.5. The normalized spacial score (nSPS) is 10.9. The lowest BCUT2D eigenvalue weighted by Crippen LogP contribution is -2.03. The van der Waals surface area contributed by atoms with E-state index in [4.69, 9.17) is 9.47 Å². The highest BCUT2D eigenvalue weighted by Gasteiger charge is 2.09. The van der Waals surface area contributed by atoms with Gasteiger partial charge in [0.25, 0.3) is 0 Å². The molecule has 0 aliphatic carbocycles. The van der Waals surface area contributed by atoms with Crippen molar-refractivity contribution < 1.29 is 9.47 Å². The van der Waals surface area contributed by atoms with E-state index in [1.54, 1.807) is 6.20 Å². The quantitative estimate of drug-likeness (QED) is 0.246. The minimum Gasteiger partial charge on any atom is -0.490 e. The van der Waals surface area contributed by atoms with Gasteiger partial charge in [-0.15, -0.1) is 0 Å². The maximum Gasteiger partial charge on any atom is 0.161 e. The Morgan fingerprint density at radius 3 is 1.83 bits per heavy atom. The molecule has 0 atom stereocenters. The Labute approximate surface area is 184 Å². The Bertz CT molecular complexity index is 672.